The Labute approximate surface area is 118 Å². The third-order valence-electron chi connectivity index (χ3n) is 2.97. The molecule has 20 heavy (non-hydrogen) atoms. The van der Waals surface area contributed by atoms with Crippen LogP contribution in [-0.4, -0.2) is 13.6 Å². The van der Waals surface area contributed by atoms with E-state index in [0.717, 1.165) is 17.0 Å². The van der Waals surface area contributed by atoms with Crippen LogP contribution in [-0.2, 0) is 16.6 Å². The highest BCUT2D eigenvalue weighted by molar-refractivity contribution is 7.89. The van der Waals surface area contributed by atoms with Gasteiger partial charge >= 0.3 is 0 Å². The minimum Gasteiger partial charge on any atom is -0.361 e. The minimum atomic E-state index is -3.64. The molecule has 1 atom stereocenters. The van der Waals surface area contributed by atoms with Gasteiger partial charge in [0.1, 0.15) is 5.76 Å². The first-order valence-electron chi connectivity index (χ1n) is 6.14. The number of nitrogens with two attached hydrogens (primary N) is 1. The summed E-state index contributed by atoms with van der Waals surface area (Å²) in [6, 6.07) is 8.41. The van der Waals surface area contributed by atoms with Crippen molar-refractivity contribution < 1.29 is 12.9 Å². The molecular weight excluding hydrogens is 278 g/mol. The van der Waals surface area contributed by atoms with E-state index in [1.807, 2.05) is 19.9 Å². The van der Waals surface area contributed by atoms with Crippen LogP contribution in [0.25, 0.3) is 0 Å². The Kier molecular flexibility index (Phi) is 4.22. The molecule has 1 unspecified atom stereocenters. The van der Waals surface area contributed by atoms with Crippen molar-refractivity contribution in [3.05, 3.63) is 47.3 Å². The summed E-state index contributed by atoms with van der Waals surface area (Å²) in [4.78, 5) is 0.112. The van der Waals surface area contributed by atoms with Crippen LogP contribution in [0.3, 0.4) is 0 Å². The molecule has 7 heteroatoms. The molecule has 1 aromatic heterocycles. The summed E-state index contributed by atoms with van der Waals surface area (Å²) in [5.41, 5.74) is 1.80. The number of primary sulfonamides is 1. The van der Waals surface area contributed by atoms with E-state index in [4.69, 9.17) is 9.66 Å². The SMILES string of the molecule is Cc1cc(CNC(C)c2ccc(S(N)(=O)=O)cc2)no1. The van der Waals surface area contributed by atoms with Crippen molar-refractivity contribution in [3.8, 4) is 0 Å². The smallest absolute Gasteiger partial charge is 0.238 e. The molecule has 0 aliphatic rings. The first kappa shape index (κ1) is 14.7. The van der Waals surface area contributed by atoms with Crippen molar-refractivity contribution in [1.82, 2.24) is 10.5 Å². The van der Waals surface area contributed by atoms with Gasteiger partial charge in [-0.3, -0.25) is 0 Å². The standard InChI is InChI=1S/C13H17N3O3S/c1-9-7-12(16-19-9)8-15-10(2)11-3-5-13(6-4-11)20(14,17)18/h3-7,10,15H,8H2,1-2H3,(H2,14,17,18). The zero-order chi connectivity index (χ0) is 14.8. The highest BCUT2D eigenvalue weighted by Crippen LogP contribution is 2.16. The van der Waals surface area contributed by atoms with Crippen LogP contribution in [0.4, 0.5) is 0 Å². The third-order valence-corrected chi connectivity index (χ3v) is 3.90. The Hall–Kier alpha value is -1.70. The van der Waals surface area contributed by atoms with Gasteiger partial charge in [0.05, 0.1) is 10.6 Å². The maximum Gasteiger partial charge on any atom is 0.238 e. The van der Waals surface area contributed by atoms with E-state index >= 15 is 0 Å². The Morgan fingerprint density at radius 3 is 2.50 bits per heavy atom. The van der Waals surface area contributed by atoms with Crippen LogP contribution in [0.2, 0.25) is 0 Å². The summed E-state index contributed by atoms with van der Waals surface area (Å²) in [6.45, 7) is 4.40. The van der Waals surface area contributed by atoms with Crippen molar-refractivity contribution in [2.75, 3.05) is 0 Å². The molecule has 0 fully saturated rings. The number of rotatable bonds is 5. The lowest BCUT2D eigenvalue weighted by Gasteiger charge is -2.13. The van der Waals surface area contributed by atoms with Crippen LogP contribution in [0.1, 0.15) is 30.0 Å². The van der Waals surface area contributed by atoms with Crippen LogP contribution in [0, 0.1) is 6.92 Å². The van der Waals surface area contributed by atoms with Crippen molar-refractivity contribution >= 4 is 10.0 Å². The van der Waals surface area contributed by atoms with Gasteiger partial charge in [0, 0.05) is 18.7 Å². The Morgan fingerprint density at radius 1 is 1.35 bits per heavy atom. The second-order valence-electron chi connectivity index (χ2n) is 4.65. The molecule has 2 rings (SSSR count). The molecule has 3 N–H and O–H groups in total. The lowest BCUT2D eigenvalue weighted by molar-refractivity contribution is 0.386. The second-order valence-corrected chi connectivity index (χ2v) is 6.21. The Morgan fingerprint density at radius 2 is 2.00 bits per heavy atom. The molecule has 1 aromatic carbocycles. The molecule has 0 saturated carbocycles. The number of sulfonamides is 1. The molecular formula is C13H17N3O3S. The summed E-state index contributed by atoms with van der Waals surface area (Å²) >= 11 is 0. The summed E-state index contributed by atoms with van der Waals surface area (Å²) in [5.74, 6) is 0.770. The number of nitrogens with zero attached hydrogens (tertiary/aromatic N) is 1. The van der Waals surface area contributed by atoms with E-state index in [1.54, 1.807) is 12.1 Å². The van der Waals surface area contributed by atoms with Gasteiger partial charge < -0.3 is 9.84 Å². The normalized spacial score (nSPS) is 13.3. The van der Waals surface area contributed by atoms with Gasteiger partial charge in [0.15, 0.2) is 0 Å². The van der Waals surface area contributed by atoms with E-state index in [2.05, 4.69) is 10.5 Å². The number of aromatic nitrogens is 1. The van der Waals surface area contributed by atoms with Crippen molar-refractivity contribution in [2.24, 2.45) is 5.14 Å². The average molecular weight is 295 g/mol. The zero-order valence-electron chi connectivity index (χ0n) is 11.3. The van der Waals surface area contributed by atoms with E-state index in [-0.39, 0.29) is 10.9 Å². The molecule has 0 radical (unpaired) electrons. The number of hydrogen-bond donors (Lipinski definition) is 2. The van der Waals surface area contributed by atoms with E-state index in [0.29, 0.717) is 6.54 Å². The van der Waals surface area contributed by atoms with Gasteiger partial charge in [-0.25, -0.2) is 13.6 Å². The van der Waals surface area contributed by atoms with Gasteiger partial charge in [0.25, 0.3) is 0 Å². The number of benzene rings is 1. The van der Waals surface area contributed by atoms with Crippen LogP contribution in [0.5, 0.6) is 0 Å². The highest BCUT2D eigenvalue weighted by Gasteiger charge is 2.10. The van der Waals surface area contributed by atoms with Crippen molar-refractivity contribution in [2.45, 2.75) is 31.3 Å². The number of nitrogens with one attached hydrogen (secondary N) is 1. The monoisotopic (exact) mass is 295 g/mol. The van der Waals surface area contributed by atoms with E-state index in [1.165, 1.54) is 12.1 Å². The van der Waals surface area contributed by atoms with Gasteiger partial charge in [-0.2, -0.15) is 0 Å². The topological polar surface area (TPSA) is 98.2 Å². The van der Waals surface area contributed by atoms with Gasteiger partial charge in [0.2, 0.25) is 10.0 Å². The predicted molar refractivity (Wildman–Crippen MR) is 74.3 cm³/mol. The Balaban J connectivity index is 2.00. The number of aryl methyl sites for hydroxylation is 1. The molecule has 6 nitrogen and oxygen atoms in total. The fourth-order valence-corrected chi connectivity index (χ4v) is 2.34. The molecule has 0 bridgehead atoms. The Bertz CT molecular complexity index is 677. The predicted octanol–water partition coefficient (Wildman–Crippen LogP) is 1.48. The van der Waals surface area contributed by atoms with Crippen LogP contribution >= 0.6 is 0 Å². The molecule has 0 spiro atoms. The van der Waals surface area contributed by atoms with E-state index < -0.39 is 10.0 Å². The number of hydrogen-bond acceptors (Lipinski definition) is 5. The molecule has 0 saturated heterocycles. The minimum absolute atomic E-state index is 0.0570. The lowest BCUT2D eigenvalue weighted by atomic mass is 10.1. The highest BCUT2D eigenvalue weighted by atomic mass is 32.2. The molecule has 0 amide bonds. The maximum atomic E-state index is 11.2. The molecule has 1 heterocycles. The summed E-state index contributed by atoms with van der Waals surface area (Å²) < 4.78 is 27.3. The van der Waals surface area contributed by atoms with Crippen LogP contribution < -0.4 is 10.5 Å². The van der Waals surface area contributed by atoms with Crippen LogP contribution in [0.15, 0.2) is 39.8 Å². The quantitative estimate of drug-likeness (QED) is 0.870. The van der Waals surface area contributed by atoms with E-state index in [9.17, 15) is 8.42 Å². The maximum absolute atomic E-state index is 11.2. The third kappa shape index (κ3) is 3.66. The largest absolute Gasteiger partial charge is 0.361 e. The van der Waals surface area contributed by atoms with Crippen molar-refractivity contribution in [1.29, 1.82) is 0 Å². The van der Waals surface area contributed by atoms with Gasteiger partial charge in [-0.1, -0.05) is 17.3 Å². The second kappa shape index (κ2) is 5.74. The van der Waals surface area contributed by atoms with Gasteiger partial charge in [-0.05, 0) is 31.5 Å². The summed E-state index contributed by atoms with van der Waals surface area (Å²) in [7, 11) is -3.64. The van der Waals surface area contributed by atoms with Crippen molar-refractivity contribution in [3.63, 3.8) is 0 Å². The molecule has 0 aliphatic carbocycles. The fourth-order valence-electron chi connectivity index (χ4n) is 1.82. The zero-order valence-corrected chi connectivity index (χ0v) is 12.1. The average Bonchev–Trinajstić information content (AvgIpc) is 2.81. The molecule has 0 aliphatic heterocycles. The molecule has 108 valence electrons. The first-order valence-corrected chi connectivity index (χ1v) is 7.69. The lowest BCUT2D eigenvalue weighted by Crippen LogP contribution is -2.18. The van der Waals surface area contributed by atoms with Gasteiger partial charge in [-0.15, -0.1) is 0 Å². The molecule has 2 aromatic rings. The summed E-state index contributed by atoms with van der Waals surface area (Å²) in [6.07, 6.45) is 0. The fraction of sp³-hybridized carbons (Fsp3) is 0.308. The summed E-state index contributed by atoms with van der Waals surface area (Å²) in [5, 5.41) is 12.2. The first-order chi connectivity index (χ1) is 9.36.